The molecule has 5 N–H and O–H groups in total. The lowest BCUT2D eigenvalue weighted by molar-refractivity contribution is 0.219. The first kappa shape index (κ1) is 26.7. The normalized spacial score (nSPS) is 13.3. The first-order chi connectivity index (χ1) is 16.5. The van der Waals surface area contributed by atoms with Gasteiger partial charge in [0.25, 0.3) is 8.32 Å². The fourth-order valence-electron chi connectivity index (χ4n) is 4.49. The van der Waals surface area contributed by atoms with E-state index in [4.69, 9.17) is 15.6 Å². The molecule has 0 aliphatic rings. The van der Waals surface area contributed by atoms with E-state index in [1.807, 2.05) is 32.0 Å². The quantitative estimate of drug-likeness (QED) is 0.181. The average molecular weight is 490 g/mol. The summed E-state index contributed by atoms with van der Waals surface area (Å²) in [5, 5.41) is 24.1. The number of hydrogen-bond donors (Lipinski definition) is 4. The van der Waals surface area contributed by atoms with Crippen molar-refractivity contribution in [3.8, 4) is 5.75 Å². The molecule has 3 rings (SSSR count). The second kappa shape index (κ2) is 10.8. The van der Waals surface area contributed by atoms with Gasteiger partial charge in [-0.05, 0) is 27.5 Å². The summed E-state index contributed by atoms with van der Waals surface area (Å²) in [5.41, 5.74) is 7.06. The standard InChI is InChI=1S/C29H39N3O2Si/c1-28(2,3)35(24-15-8-6-9-16-24,25-17-10-7-11-18-25)34-21-29(4,5)26(30)20-27(31)32-22-13-12-14-23(33)19-22/h6-19,27,30,32-33H,20-21,31H2,1-5H3. The predicted octanol–water partition coefficient (Wildman–Crippen LogP) is 5.10. The molecule has 3 aromatic rings. The van der Waals surface area contributed by atoms with Crippen LogP contribution in [-0.4, -0.2) is 31.9 Å². The minimum absolute atomic E-state index is 0.124. The van der Waals surface area contributed by atoms with Gasteiger partial charge in [-0.2, -0.15) is 0 Å². The van der Waals surface area contributed by atoms with Crippen molar-refractivity contribution in [2.75, 3.05) is 11.9 Å². The molecule has 0 aromatic heterocycles. The molecule has 6 heteroatoms. The molecule has 0 saturated carbocycles. The van der Waals surface area contributed by atoms with Crippen molar-refractivity contribution >= 4 is 30.1 Å². The van der Waals surface area contributed by atoms with Gasteiger partial charge in [0.2, 0.25) is 0 Å². The Morgan fingerprint density at radius 1 is 0.914 bits per heavy atom. The van der Waals surface area contributed by atoms with E-state index in [2.05, 4.69) is 74.6 Å². The van der Waals surface area contributed by atoms with Crippen LogP contribution in [0, 0.1) is 10.8 Å². The molecule has 0 fully saturated rings. The van der Waals surface area contributed by atoms with Crippen molar-refractivity contribution in [1.82, 2.24) is 0 Å². The fourth-order valence-corrected chi connectivity index (χ4v) is 9.23. The Balaban J connectivity index is 1.83. The molecule has 186 valence electrons. The lowest BCUT2D eigenvalue weighted by Gasteiger charge is -2.45. The third-order valence-corrected chi connectivity index (χ3v) is 11.5. The van der Waals surface area contributed by atoms with Gasteiger partial charge in [-0.25, -0.2) is 0 Å². The zero-order chi connectivity index (χ0) is 25.7. The summed E-state index contributed by atoms with van der Waals surface area (Å²) in [6.07, 6.45) is -0.0799. The highest BCUT2D eigenvalue weighted by Crippen LogP contribution is 2.38. The SMILES string of the molecule is CC(C)(CO[Si](c1ccccc1)(c1ccccc1)C(C)(C)C)C(=N)CC(N)Nc1cccc(O)c1. The molecule has 3 aromatic carbocycles. The van der Waals surface area contributed by atoms with E-state index in [-0.39, 0.29) is 10.8 Å². The zero-order valence-electron chi connectivity index (χ0n) is 21.5. The Morgan fingerprint density at radius 2 is 1.46 bits per heavy atom. The van der Waals surface area contributed by atoms with Crippen LogP contribution in [0.3, 0.4) is 0 Å². The van der Waals surface area contributed by atoms with Crippen LogP contribution in [0.15, 0.2) is 84.9 Å². The number of phenolic OH excluding ortho intramolecular Hbond substituents is 1. The molecule has 35 heavy (non-hydrogen) atoms. The van der Waals surface area contributed by atoms with E-state index < -0.39 is 19.9 Å². The summed E-state index contributed by atoms with van der Waals surface area (Å²) >= 11 is 0. The maximum absolute atomic E-state index is 9.70. The monoisotopic (exact) mass is 489 g/mol. The molecule has 0 amide bonds. The molecular formula is C29H39N3O2Si. The Bertz CT molecular complexity index is 1070. The van der Waals surface area contributed by atoms with Crippen molar-refractivity contribution in [1.29, 1.82) is 5.41 Å². The third kappa shape index (κ3) is 6.20. The summed E-state index contributed by atoms with van der Waals surface area (Å²) in [6.45, 7) is 11.3. The molecule has 1 atom stereocenters. The molecule has 0 heterocycles. The maximum Gasteiger partial charge on any atom is 0.261 e. The van der Waals surface area contributed by atoms with Gasteiger partial charge in [0.15, 0.2) is 0 Å². The fraction of sp³-hybridized carbons (Fsp3) is 0.345. The minimum atomic E-state index is -2.68. The molecule has 0 radical (unpaired) electrons. The van der Waals surface area contributed by atoms with E-state index in [1.54, 1.807) is 18.2 Å². The highest BCUT2D eigenvalue weighted by Gasteiger charge is 2.51. The molecule has 0 aliphatic heterocycles. The minimum Gasteiger partial charge on any atom is -0.508 e. The lowest BCUT2D eigenvalue weighted by atomic mass is 9.86. The Hall–Kier alpha value is -2.93. The Kier molecular flexibility index (Phi) is 8.21. The van der Waals surface area contributed by atoms with Gasteiger partial charge in [0.05, 0.1) is 6.17 Å². The molecule has 5 nitrogen and oxygen atoms in total. The first-order valence-corrected chi connectivity index (χ1v) is 14.0. The van der Waals surface area contributed by atoms with Crippen LogP contribution < -0.4 is 21.4 Å². The molecule has 0 saturated heterocycles. The second-order valence-electron chi connectivity index (χ2n) is 10.8. The number of aromatic hydroxyl groups is 1. The van der Waals surface area contributed by atoms with Crippen molar-refractivity contribution in [2.45, 2.75) is 52.2 Å². The van der Waals surface area contributed by atoms with Crippen LogP contribution in [0.4, 0.5) is 5.69 Å². The van der Waals surface area contributed by atoms with Gasteiger partial charge in [-0.1, -0.05) is 101 Å². The van der Waals surface area contributed by atoms with Crippen molar-refractivity contribution in [3.05, 3.63) is 84.9 Å². The number of hydrogen-bond acceptors (Lipinski definition) is 5. The van der Waals surface area contributed by atoms with Crippen LogP contribution in [-0.2, 0) is 4.43 Å². The average Bonchev–Trinajstić information content (AvgIpc) is 2.80. The summed E-state index contributed by atoms with van der Waals surface area (Å²) < 4.78 is 7.07. The maximum atomic E-state index is 9.70. The highest BCUT2D eigenvalue weighted by molar-refractivity contribution is 6.99. The van der Waals surface area contributed by atoms with E-state index in [0.29, 0.717) is 18.7 Å². The highest BCUT2D eigenvalue weighted by atomic mass is 28.4. The van der Waals surface area contributed by atoms with Gasteiger partial charge < -0.3 is 26.0 Å². The van der Waals surface area contributed by atoms with Crippen LogP contribution in [0.5, 0.6) is 5.75 Å². The number of nitrogens with one attached hydrogen (secondary N) is 2. The first-order valence-electron chi connectivity index (χ1n) is 12.1. The number of phenols is 1. The van der Waals surface area contributed by atoms with Crippen LogP contribution in [0.2, 0.25) is 5.04 Å². The summed E-state index contributed by atoms with van der Waals surface area (Å²) in [5.74, 6) is 0.177. The predicted molar refractivity (Wildman–Crippen MR) is 149 cm³/mol. The van der Waals surface area contributed by atoms with Crippen molar-refractivity contribution < 1.29 is 9.53 Å². The lowest BCUT2D eigenvalue weighted by Crippen LogP contribution is -2.67. The van der Waals surface area contributed by atoms with E-state index in [0.717, 1.165) is 5.69 Å². The topological polar surface area (TPSA) is 91.4 Å². The third-order valence-electron chi connectivity index (χ3n) is 6.51. The Labute approximate surface area is 211 Å². The number of rotatable bonds is 10. The smallest absolute Gasteiger partial charge is 0.261 e. The van der Waals surface area contributed by atoms with Gasteiger partial charge in [-0.15, -0.1) is 0 Å². The van der Waals surface area contributed by atoms with Gasteiger partial charge in [0, 0.05) is 35.9 Å². The van der Waals surface area contributed by atoms with Crippen molar-refractivity contribution in [3.63, 3.8) is 0 Å². The molecule has 0 aliphatic carbocycles. The van der Waals surface area contributed by atoms with E-state index >= 15 is 0 Å². The van der Waals surface area contributed by atoms with Gasteiger partial charge >= 0.3 is 0 Å². The summed E-state index contributed by atoms with van der Waals surface area (Å²) in [6, 6.07) is 28.0. The van der Waals surface area contributed by atoms with Crippen LogP contribution in [0.1, 0.15) is 41.0 Å². The second-order valence-corrected chi connectivity index (χ2v) is 15.1. The van der Waals surface area contributed by atoms with E-state index in [1.165, 1.54) is 10.4 Å². The number of benzene rings is 3. The molecule has 1 unspecified atom stereocenters. The largest absolute Gasteiger partial charge is 0.508 e. The summed E-state index contributed by atoms with van der Waals surface area (Å²) in [4.78, 5) is 0. The molecule has 0 spiro atoms. The van der Waals surface area contributed by atoms with E-state index in [9.17, 15) is 5.11 Å². The molecule has 0 bridgehead atoms. The Morgan fingerprint density at radius 3 is 1.94 bits per heavy atom. The van der Waals surface area contributed by atoms with Gasteiger partial charge in [-0.3, -0.25) is 0 Å². The number of nitrogens with two attached hydrogens (primary N) is 1. The zero-order valence-corrected chi connectivity index (χ0v) is 22.5. The van der Waals surface area contributed by atoms with Crippen LogP contribution >= 0.6 is 0 Å². The number of anilines is 1. The van der Waals surface area contributed by atoms with Crippen molar-refractivity contribution in [2.24, 2.45) is 11.1 Å². The van der Waals surface area contributed by atoms with Crippen LogP contribution in [0.25, 0.3) is 0 Å². The molecular weight excluding hydrogens is 450 g/mol. The summed E-state index contributed by atoms with van der Waals surface area (Å²) in [7, 11) is -2.68. The van der Waals surface area contributed by atoms with Gasteiger partial charge in [0.1, 0.15) is 5.75 Å².